The van der Waals surface area contributed by atoms with E-state index in [0.717, 1.165) is 37.1 Å². The number of carbonyl (C=O) groups excluding carboxylic acids is 1. The van der Waals surface area contributed by atoms with Crippen molar-refractivity contribution in [2.75, 3.05) is 12.0 Å². The van der Waals surface area contributed by atoms with Crippen LogP contribution in [-0.4, -0.2) is 41.0 Å². The molecular formula is C28H29ClFN3O2. The molecule has 0 aliphatic carbocycles. The van der Waals surface area contributed by atoms with Gasteiger partial charge in [0.1, 0.15) is 17.4 Å². The highest BCUT2D eigenvalue weighted by Crippen LogP contribution is 2.41. The third-order valence-electron chi connectivity index (χ3n) is 7.45. The van der Waals surface area contributed by atoms with Crippen LogP contribution in [0.4, 0.5) is 10.2 Å². The van der Waals surface area contributed by atoms with E-state index >= 15 is 0 Å². The summed E-state index contributed by atoms with van der Waals surface area (Å²) in [6, 6.07) is 16.6. The highest BCUT2D eigenvalue weighted by atomic mass is 35.5. The maximum absolute atomic E-state index is 14.8. The molecule has 35 heavy (non-hydrogen) atoms. The van der Waals surface area contributed by atoms with E-state index < -0.39 is 5.82 Å². The molecule has 3 heterocycles. The van der Waals surface area contributed by atoms with Gasteiger partial charge in [0.05, 0.1) is 13.7 Å². The molecule has 2 saturated heterocycles. The molecule has 0 N–H and O–H groups in total. The summed E-state index contributed by atoms with van der Waals surface area (Å²) in [5.74, 6) is 1.12. The molecule has 5 nitrogen and oxygen atoms in total. The van der Waals surface area contributed by atoms with Crippen LogP contribution in [0, 0.1) is 12.7 Å². The number of carbonyl (C=O) groups is 1. The minimum absolute atomic E-state index is 0.0405. The molecule has 2 aliphatic heterocycles. The molecule has 1 aromatic heterocycles. The quantitative estimate of drug-likeness (QED) is 0.420. The normalized spacial score (nSPS) is 21.1. The standard InChI is InChI=1S/C28H29ClFN3O2/c1-18-22(7-5-10-26(18)35-2)28(34)32(17-23-24(29)8-6-9-25(23)30)21-15-19-12-13-20(16-21)33(19)27-11-3-4-14-31-27/h3-11,14,19-21H,12-13,15-17H2,1-2H3. The molecule has 3 aromatic rings. The van der Waals surface area contributed by atoms with Crippen LogP contribution in [0.15, 0.2) is 60.8 Å². The van der Waals surface area contributed by atoms with Crippen molar-refractivity contribution in [1.82, 2.24) is 9.88 Å². The van der Waals surface area contributed by atoms with Crippen LogP contribution in [0.2, 0.25) is 5.02 Å². The number of aromatic nitrogens is 1. The third kappa shape index (κ3) is 4.47. The zero-order valence-electron chi connectivity index (χ0n) is 20.0. The second kappa shape index (κ2) is 9.86. The fourth-order valence-electron chi connectivity index (χ4n) is 5.73. The summed E-state index contributed by atoms with van der Waals surface area (Å²) in [5, 5.41) is 0.332. The number of amides is 1. The SMILES string of the molecule is COc1cccc(C(=O)N(Cc2c(F)cccc2Cl)C2CC3CCC(C2)N3c2ccccn2)c1C. The van der Waals surface area contributed by atoms with Gasteiger partial charge in [-0.25, -0.2) is 9.37 Å². The average molecular weight is 494 g/mol. The number of nitrogens with zero attached hydrogens (tertiary/aromatic N) is 3. The van der Waals surface area contributed by atoms with Crippen molar-refractivity contribution in [2.24, 2.45) is 0 Å². The topological polar surface area (TPSA) is 45.7 Å². The lowest BCUT2D eigenvalue weighted by atomic mass is 9.94. The first-order chi connectivity index (χ1) is 17.0. The Balaban J connectivity index is 1.49. The highest BCUT2D eigenvalue weighted by molar-refractivity contribution is 6.31. The van der Waals surface area contributed by atoms with Crippen LogP contribution in [-0.2, 0) is 6.54 Å². The maximum Gasteiger partial charge on any atom is 0.254 e. The number of pyridine rings is 1. The van der Waals surface area contributed by atoms with E-state index in [1.165, 1.54) is 6.07 Å². The summed E-state index contributed by atoms with van der Waals surface area (Å²) >= 11 is 6.40. The van der Waals surface area contributed by atoms with E-state index in [4.69, 9.17) is 16.3 Å². The summed E-state index contributed by atoms with van der Waals surface area (Å²) in [6.45, 7) is 2.00. The van der Waals surface area contributed by atoms with Crippen LogP contribution in [0.25, 0.3) is 0 Å². The molecule has 7 heteroatoms. The molecule has 2 aliphatic rings. The number of ether oxygens (including phenoxy) is 1. The Kier molecular flexibility index (Phi) is 6.65. The van der Waals surface area contributed by atoms with Crippen molar-refractivity contribution in [3.63, 3.8) is 0 Å². The Bertz CT molecular complexity index is 1190. The van der Waals surface area contributed by atoms with Gasteiger partial charge < -0.3 is 14.5 Å². The van der Waals surface area contributed by atoms with Gasteiger partial charge in [0.15, 0.2) is 0 Å². The Labute approximate surface area is 210 Å². The molecule has 1 amide bonds. The molecule has 0 saturated carbocycles. The Morgan fingerprint density at radius 2 is 1.86 bits per heavy atom. The number of fused-ring (bicyclic) bond motifs is 2. The van der Waals surface area contributed by atoms with Crippen molar-refractivity contribution >= 4 is 23.3 Å². The number of rotatable bonds is 6. The zero-order valence-corrected chi connectivity index (χ0v) is 20.7. The van der Waals surface area contributed by atoms with E-state index in [2.05, 4.69) is 9.88 Å². The van der Waals surface area contributed by atoms with Gasteiger partial charge in [0, 0.05) is 46.0 Å². The number of piperidine rings is 1. The molecular weight excluding hydrogens is 465 g/mol. The second-order valence-corrected chi connectivity index (χ2v) is 9.78. The van der Waals surface area contributed by atoms with Crippen molar-refractivity contribution in [3.05, 3.63) is 88.3 Å². The fraction of sp³-hybridized carbons (Fsp3) is 0.357. The number of benzene rings is 2. The van der Waals surface area contributed by atoms with Crippen LogP contribution in [0.5, 0.6) is 5.75 Å². The predicted octanol–water partition coefficient (Wildman–Crippen LogP) is 6.03. The number of halogens is 2. The van der Waals surface area contributed by atoms with Crippen LogP contribution in [0.1, 0.15) is 47.2 Å². The van der Waals surface area contributed by atoms with Gasteiger partial charge in [0.25, 0.3) is 5.91 Å². The summed E-state index contributed by atoms with van der Waals surface area (Å²) < 4.78 is 20.3. The Hall–Kier alpha value is -3.12. The summed E-state index contributed by atoms with van der Waals surface area (Å²) in [5.41, 5.74) is 1.69. The van der Waals surface area contributed by atoms with Crippen LogP contribution >= 0.6 is 11.6 Å². The number of methoxy groups -OCH3 is 1. The van der Waals surface area contributed by atoms with Crippen molar-refractivity contribution in [1.29, 1.82) is 0 Å². The van der Waals surface area contributed by atoms with Gasteiger partial charge in [-0.15, -0.1) is 0 Å². The van der Waals surface area contributed by atoms with Gasteiger partial charge in [-0.3, -0.25) is 4.79 Å². The lowest BCUT2D eigenvalue weighted by molar-refractivity contribution is 0.0606. The van der Waals surface area contributed by atoms with Gasteiger partial charge in [-0.1, -0.05) is 29.8 Å². The molecule has 2 fully saturated rings. The van der Waals surface area contributed by atoms with E-state index in [1.54, 1.807) is 19.2 Å². The predicted molar refractivity (Wildman–Crippen MR) is 136 cm³/mol. The Morgan fingerprint density at radius 1 is 1.11 bits per heavy atom. The van der Waals surface area contributed by atoms with E-state index in [9.17, 15) is 9.18 Å². The van der Waals surface area contributed by atoms with E-state index in [0.29, 0.717) is 21.9 Å². The summed E-state index contributed by atoms with van der Waals surface area (Å²) in [4.78, 5) is 22.8. The molecule has 2 bridgehead atoms. The van der Waals surface area contributed by atoms with Crippen molar-refractivity contribution < 1.29 is 13.9 Å². The average Bonchev–Trinajstić information content (AvgIpc) is 3.13. The summed E-state index contributed by atoms with van der Waals surface area (Å²) in [6.07, 6.45) is 5.53. The number of anilines is 1. The highest BCUT2D eigenvalue weighted by Gasteiger charge is 2.44. The van der Waals surface area contributed by atoms with Crippen LogP contribution < -0.4 is 9.64 Å². The molecule has 2 aromatic carbocycles. The minimum Gasteiger partial charge on any atom is -0.496 e. The lowest BCUT2D eigenvalue weighted by Crippen LogP contribution is -2.52. The lowest BCUT2D eigenvalue weighted by Gasteiger charge is -2.44. The van der Waals surface area contributed by atoms with Gasteiger partial charge in [0.2, 0.25) is 0 Å². The molecule has 182 valence electrons. The smallest absolute Gasteiger partial charge is 0.254 e. The first kappa shape index (κ1) is 23.6. The number of hydrogen-bond donors (Lipinski definition) is 0. The second-order valence-electron chi connectivity index (χ2n) is 9.37. The first-order valence-corrected chi connectivity index (χ1v) is 12.4. The monoisotopic (exact) mass is 493 g/mol. The van der Waals surface area contributed by atoms with E-state index in [1.807, 2.05) is 54.4 Å². The van der Waals surface area contributed by atoms with Crippen LogP contribution in [0.3, 0.4) is 0 Å². The Morgan fingerprint density at radius 3 is 2.51 bits per heavy atom. The summed E-state index contributed by atoms with van der Waals surface area (Å²) in [7, 11) is 1.60. The molecule has 0 spiro atoms. The first-order valence-electron chi connectivity index (χ1n) is 12.0. The fourth-order valence-corrected chi connectivity index (χ4v) is 5.95. The molecule has 2 atom stereocenters. The third-order valence-corrected chi connectivity index (χ3v) is 7.80. The molecule has 0 radical (unpaired) electrons. The van der Waals surface area contributed by atoms with Gasteiger partial charge >= 0.3 is 0 Å². The van der Waals surface area contributed by atoms with E-state index in [-0.39, 0.29) is 30.6 Å². The number of hydrogen-bond acceptors (Lipinski definition) is 4. The minimum atomic E-state index is -0.397. The van der Waals surface area contributed by atoms with Gasteiger partial charge in [-0.2, -0.15) is 0 Å². The largest absolute Gasteiger partial charge is 0.496 e. The molecule has 5 rings (SSSR count). The molecule has 2 unspecified atom stereocenters. The van der Waals surface area contributed by atoms with Crippen molar-refractivity contribution in [3.8, 4) is 5.75 Å². The maximum atomic E-state index is 14.8. The zero-order chi connectivity index (χ0) is 24.5. The van der Waals surface area contributed by atoms with Crippen molar-refractivity contribution in [2.45, 2.75) is 57.3 Å². The van der Waals surface area contributed by atoms with Gasteiger partial charge in [-0.05, 0) is 69.0 Å².